The number of hydrogen-bond acceptors (Lipinski definition) is 3. The third-order valence-corrected chi connectivity index (χ3v) is 3.83. The molecule has 3 unspecified atom stereocenters. The van der Waals surface area contributed by atoms with Gasteiger partial charge >= 0.3 is 0 Å². The first-order chi connectivity index (χ1) is 10.0. The number of rotatable bonds is 5. The van der Waals surface area contributed by atoms with Crippen LogP contribution in [0, 0.1) is 0 Å². The van der Waals surface area contributed by atoms with Gasteiger partial charge in [0.25, 0.3) is 0 Å². The van der Waals surface area contributed by atoms with E-state index in [1.54, 1.807) is 18.9 Å². The minimum atomic E-state index is -0.504. The number of amides is 2. The Hall–Kier alpha value is -1.88. The number of ether oxygens (including phenoxy) is 1. The van der Waals surface area contributed by atoms with Gasteiger partial charge in [-0.2, -0.15) is 0 Å². The van der Waals surface area contributed by atoms with Crippen molar-refractivity contribution in [1.29, 1.82) is 0 Å². The lowest BCUT2D eigenvalue weighted by Gasteiger charge is -2.40. The summed E-state index contributed by atoms with van der Waals surface area (Å²) in [6.07, 6.45) is 0.508. The Morgan fingerprint density at radius 1 is 1.29 bits per heavy atom. The number of nitrogens with one attached hydrogen (secondary N) is 1. The molecule has 1 N–H and O–H groups in total. The van der Waals surface area contributed by atoms with E-state index in [4.69, 9.17) is 4.74 Å². The maximum absolute atomic E-state index is 12.7. The van der Waals surface area contributed by atoms with Crippen molar-refractivity contribution >= 4 is 11.8 Å². The van der Waals surface area contributed by atoms with E-state index in [1.165, 1.54) is 0 Å². The molecule has 1 fully saturated rings. The summed E-state index contributed by atoms with van der Waals surface area (Å²) in [4.78, 5) is 26.4. The average Bonchev–Trinajstić information content (AvgIpc) is 2.46. The number of hydrogen-bond donors (Lipinski definition) is 1. The lowest BCUT2D eigenvalue weighted by atomic mass is 9.99. The quantitative estimate of drug-likeness (QED) is 0.879. The smallest absolute Gasteiger partial charge is 0.246 e. The number of nitrogens with zero attached hydrogens (tertiary/aromatic N) is 1. The highest BCUT2D eigenvalue weighted by Crippen LogP contribution is 2.17. The van der Waals surface area contributed by atoms with Crippen molar-refractivity contribution in [3.8, 4) is 0 Å². The van der Waals surface area contributed by atoms with E-state index in [0.717, 1.165) is 5.56 Å². The molecule has 0 aliphatic carbocycles. The molecule has 0 spiro atoms. The van der Waals surface area contributed by atoms with Gasteiger partial charge in [0, 0.05) is 13.5 Å². The predicted molar refractivity (Wildman–Crippen MR) is 79.7 cm³/mol. The summed E-state index contributed by atoms with van der Waals surface area (Å²) in [6, 6.07) is 8.61. The Bertz CT molecular complexity index is 504. The summed E-state index contributed by atoms with van der Waals surface area (Å²) in [5, 5.41) is 2.82. The first-order valence-electron chi connectivity index (χ1n) is 7.20. The minimum absolute atomic E-state index is 0.0458. The zero-order valence-electron chi connectivity index (χ0n) is 12.7. The maximum atomic E-state index is 12.7. The van der Waals surface area contributed by atoms with Crippen LogP contribution in [0.5, 0.6) is 0 Å². The van der Waals surface area contributed by atoms with Gasteiger partial charge in [0.05, 0.1) is 12.6 Å². The van der Waals surface area contributed by atoms with E-state index in [2.05, 4.69) is 5.32 Å². The van der Waals surface area contributed by atoms with Crippen LogP contribution in [0.25, 0.3) is 0 Å². The van der Waals surface area contributed by atoms with Crippen LogP contribution in [0.3, 0.4) is 0 Å². The zero-order valence-corrected chi connectivity index (χ0v) is 12.7. The summed E-state index contributed by atoms with van der Waals surface area (Å²) < 4.78 is 5.12. The molecule has 1 heterocycles. The van der Waals surface area contributed by atoms with Gasteiger partial charge in [-0.25, -0.2) is 0 Å². The Labute approximate surface area is 125 Å². The van der Waals surface area contributed by atoms with Crippen LogP contribution in [0.15, 0.2) is 30.3 Å². The number of carbonyl (C=O) groups excluding carboxylic acids is 2. The molecule has 5 heteroatoms. The third-order valence-electron chi connectivity index (χ3n) is 3.83. The first-order valence-corrected chi connectivity index (χ1v) is 7.20. The van der Waals surface area contributed by atoms with E-state index >= 15 is 0 Å². The van der Waals surface area contributed by atoms with Gasteiger partial charge in [-0.05, 0) is 19.4 Å². The van der Waals surface area contributed by atoms with E-state index < -0.39 is 12.1 Å². The third kappa shape index (κ3) is 3.42. The summed E-state index contributed by atoms with van der Waals surface area (Å²) in [5.74, 6) is -0.158. The lowest BCUT2D eigenvalue weighted by Crippen LogP contribution is -2.65. The van der Waals surface area contributed by atoms with Crippen molar-refractivity contribution in [1.82, 2.24) is 10.2 Å². The number of piperazine rings is 1. The highest BCUT2D eigenvalue weighted by molar-refractivity contribution is 5.97. The molecule has 0 aromatic heterocycles. The number of carbonyl (C=O) groups is 2. The van der Waals surface area contributed by atoms with Gasteiger partial charge in [0.1, 0.15) is 12.1 Å². The molecule has 0 radical (unpaired) electrons. The summed E-state index contributed by atoms with van der Waals surface area (Å²) in [6.45, 7) is 4.07. The fourth-order valence-electron chi connectivity index (χ4n) is 2.76. The molecule has 1 aromatic rings. The molecule has 1 aliphatic heterocycles. The van der Waals surface area contributed by atoms with Crippen molar-refractivity contribution in [3.05, 3.63) is 35.9 Å². The topological polar surface area (TPSA) is 58.6 Å². The molecular weight excluding hydrogens is 268 g/mol. The molecule has 1 saturated heterocycles. The predicted octanol–water partition coefficient (Wildman–Crippen LogP) is 0.979. The monoisotopic (exact) mass is 290 g/mol. The van der Waals surface area contributed by atoms with Crippen LogP contribution in [-0.2, 0) is 20.7 Å². The maximum Gasteiger partial charge on any atom is 0.246 e. The highest BCUT2D eigenvalue weighted by Gasteiger charge is 2.40. The fourth-order valence-corrected chi connectivity index (χ4v) is 2.76. The Balaban J connectivity index is 2.16. The molecule has 0 saturated carbocycles. The van der Waals surface area contributed by atoms with Gasteiger partial charge in [0.15, 0.2) is 0 Å². The van der Waals surface area contributed by atoms with Crippen molar-refractivity contribution in [3.63, 3.8) is 0 Å². The second-order valence-corrected chi connectivity index (χ2v) is 5.48. The second kappa shape index (κ2) is 6.72. The van der Waals surface area contributed by atoms with Crippen molar-refractivity contribution in [2.45, 2.75) is 38.4 Å². The van der Waals surface area contributed by atoms with E-state index in [0.29, 0.717) is 13.0 Å². The fraction of sp³-hybridized carbons (Fsp3) is 0.500. The normalized spacial score (nSPS) is 23.9. The molecule has 3 atom stereocenters. The van der Waals surface area contributed by atoms with Crippen LogP contribution >= 0.6 is 0 Å². The van der Waals surface area contributed by atoms with Crippen molar-refractivity contribution in [2.24, 2.45) is 0 Å². The first kappa shape index (κ1) is 15.5. The van der Waals surface area contributed by atoms with E-state index in [1.807, 2.05) is 37.3 Å². The van der Waals surface area contributed by atoms with E-state index in [-0.39, 0.29) is 17.9 Å². The molecule has 2 amide bonds. The molecular formula is C16H22N2O3. The SMILES string of the molecule is COCC(C)N1C(=O)C(Cc2ccccc2)NC(=O)C1C. The van der Waals surface area contributed by atoms with Crippen LogP contribution < -0.4 is 5.32 Å². The Morgan fingerprint density at radius 2 is 1.95 bits per heavy atom. The van der Waals surface area contributed by atoms with Crippen LogP contribution in [0.1, 0.15) is 19.4 Å². The van der Waals surface area contributed by atoms with Crippen LogP contribution in [-0.4, -0.2) is 48.6 Å². The summed E-state index contributed by atoms with van der Waals surface area (Å²) in [5.41, 5.74) is 1.03. The molecule has 0 bridgehead atoms. The molecule has 1 aromatic carbocycles. The Morgan fingerprint density at radius 3 is 2.57 bits per heavy atom. The standard InChI is InChI=1S/C16H22N2O3/c1-11(10-21-3)18-12(2)15(19)17-14(16(18)20)9-13-7-5-4-6-8-13/h4-8,11-12,14H,9-10H2,1-3H3,(H,17,19). The molecule has 21 heavy (non-hydrogen) atoms. The lowest BCUT2D eigenvalue weighted by molar-refractivity contribution is -0.152. The van der Waals surface area contributed by atoms with Gasteiger partial charge in [-0.3, -0.25) is 9.59 Å². The number of methoxy groups -OCH3 is 1. The molecule has 1 aliphatic rings. The van der Waals surface area contributed by atoms with Gasteiger partial charge < -0.3 is 15.0 Å². The molecule has 114 valence electrons. The minimum Gasteiger partial charge on any atom is -0.383 e. The Kier molecular flexibility index (Phi) is 4.96. The largest absolute Gasteiger partial charge is 0.383 e. The van der Waals surface area contributed by atoms with Crippen molar-refractivity contribution in [2.75, 3.05) is 13.7 Å². The zero-order chi connectivity index (χ0) is 15.4. The van der Waals surface area contributed by atoms with Gasteiger partial charge in [-0.1, -0.05) is 30.3 Å². The summed E-state index contributed by atoms with van der Waals surface area (Å²) >= 11 is 0. The average molecular weight is 290 g/mol. The van der Waals surface area contributed by atoms with E-state index in [9.17, 15) is 9.59 Å². The van der Waals surface area contributed by atoms with Gasteiger partial charge in [0.2, 0.25) is 11.8 Å². The second-order valence-electron chi connectivity index (χ2n) is 5.48. The van der Waals surface area contributed by atoms with Gasteiger partial charge in [-0.15, -0.1) is 0 Å². The van der Waals surface area contributed by atoms with Crippen LogP contribution in [0.2, 0.25) is 0 Å². The van der Waals surface area contributed by atoms with Crippen molar-refractivity contribution < 1.29 is 14.3 Å². The molecule has 5 nitrogen and oxygen atoms in total. The summed E-state index contributed by atoms with van der Waals surface area (Å²) in [7, 11) is 1.59. The van der Waals surface area contributed by atoms with Crippen LogP contribution in [0.4, 0.5) is 0 Å². The number of benzene rings is 1. The molecule has 2 rings (SSSR count). The highest BCUT2D eigenvalue weighted by atomic mass is 16.5.